The normalized spacial score (nSPS) is 11.9. The Balaban J connectivity index is 4.78. The van der Waals surface area contributed by atoms with E-state index in [0.29, 0.717) is 0 Å². The summed E-state index contributed by atoms with van der Waals surface area (Å²) in [6.07, 6.45) is -1.17. The van der Waals surface area contributed by atoms with Gasteiger partial charge in [-0.25, -0.2) is 4.79 Å². The van der Waals surface area contributed by atoms with Gasteiger partial charge in [0.15, 0.2) is 6.10 Å². The van der Waals surface area contributed by atoms with Crippen LogP contribution in [0, 0.1) is 0 Å². The van der Waals surface area contributed by atoms with Crippen molar-refractivity contribution < 1.29 is 48.8 Å². The molecule has 154 valence electrons. The van der Waals surface area contributed by atoms with Crippen molar-refractivity contribution in [1.29, 1.82) is 0 Å². The van der Waals surface area contributed by atoms with Crippen LogP contribution < -0.4 is 0 Å². The standard InChI is InChI=1S/C15H24N2O10/c1-3-26-15(25)10(2)27-14(24)9-17(8-13(22)23)5-4-16(6-11(18)19)7-12(20)21/h10H,3-9H2,1-2H3,(H,18,19)(H,20,21)(H,22,23). The molecule has 0 heterocycles. The summed E-state index contributed by atoms with van der Waals surface area (Å²) >= 11 is 0. The molecule has 0 fully saturated rings. The minimum atomic E-state index is -1.25. The highest BCUT2D eigenvalue weighted by Crippen LogP contribution is 1.99. The van der Waals surface area contributed by atoms with Crippen LogP contribution in [-0.4, -0.2) is 107 Å². The zero-order valence-electron chi connectivity index (χ0n) is 15.1. The first-order chi connectivity index (χ1) is 12.5. The summed E-state index contributed by atoms with van der Waals surface area (Å²) in [5.41, 5.74) is 0. The average Bonchev–Trinajstić information content (AvgIpc) is 2.50. The number of carbonyl (C=O) groups is 5. The van der Waals surface area contributed by atoms with Gasteiger partial charge in [-0.3, -0.25) is 29.0 Å². The van der Waals surface area contributed by atoms with Crippen LogP contribution in [0.4, 0.5) is 0 Å². The Labute approximate surface area is 155 Å². The summed E-state index contributed by atoms with van der Waals surface area (Å²) in [7, 11) is 0. The molecule has 0 rings (SSSR count). The molecule has 1 atom stereocenters. The number of nitrogens with zero attached hydrogens (tertiary/aromatic N) is 2. The lowest BCUT2D eigenvalue weighted by Gasteiger charge is -2.24. The molecule has 0 aliphatic heterocycles. The minimum absolute atomic E-state index is 0.101. The van der Waals surface area contributed by atoms with Crippen LogP contribution in [-0.2, 0) is 33.4 Å². The number of esters is 2. The summed E-state index contributed by atoms with van der Waals surface area (Å²) in [4.78, 5) is 58.0. The fraction of sp³-hybridized carbons (Fsp3) is 0.667. The van der Waals surface area contributed by atoms with Crippen molar-refractivity contribution in [3.63, 3.8) is 0 Å². The smallest absolute Gasteiger partial charge is 0.347 e. The molecular formula is C15H24N2O10. The third kappa shape index (κ3) is 12.3. The largest absolute Gasteiger partial charge is 0.480 e. The molecule has 0 amide bonds. The van der Waals surface area contributed by atoms with Gasteiger partial charge in [0.25, 0.3) is 0 Å². The fourth-order valence-electron chi connectivity index (χ4n) is 2.01. The lowest BCUT2D eigenvalue weighted by Crippen LogP contribution is -2.44. The molecule has 0 aromatic rings. The molecule has 0 radical (unpaired) electrons. The molecule has 12 nitrogen and oxygen atoms in total. The molecule has 0 aliphatic carbocycles. The second-order valence-corrected chi connectivity index (χ2v) is 5.49. The average molecular weight is 392 g/mol. The Kier molecular flexibility index (Phi) is 11.3. The molecule has 27 heavy (non-hydrogen) atoms. The predicted molar refractivity (Wildman–Crippen MR) is 88.0 cm³/mol. The lowest BCUT2D eigenvalue weighted by atomic mass is 10.3. The van der Waals surface area contributed by atoms with Crippen molar-refractivity contribution in [3.8, 4) is 0 Å². The molecule has 0 aliphatic rings. The molecule has 0 saturated heterocycles. The summed E-state index contributed by atoms with van der Waals surface area (Å²) in [5, 5.41) is 26.5. The van der Waals surface area contributed by atoms with Gasteiger partial charge in [0.05, 0.1) is 32.8 Å². The van der Waals surface area contributed by atoms with E-state index in [9.17, 15) is 24.0 Å². The van der Waals surface area contributed by atoms with Gasteiger partial charge in [-0.1, -0.05) is 0 Å². The van der Waals surface area contributed by atoms with Gasteiger partial charge in [0, 0.05) is 13.1 Å². The van der Waals surface area contributed by atoms with Crippen LogP contribution in [0.25, 0.3) is 0 Å². The quantitative estimate of drug-likeness (QED) is 0.288. The van der Waals surface area contributed by atoms with E-state index < -0.39 is 62.1 Å². The maximum atomic E-state index is 11.9. The fourth-order valence-corrected chi connectivity index (χ4v) is 2.01. The molecule has 0 aromatic heterocycles. The first-order valence-electron chi connectivity index (χ1n) is 8.01. The van der Waals surface area contributed by atoms with E-state index in [1.54, 1.807) is 6.92 Å². The number of carboxylic acid groups (broad SMARTS) is 3. The molecule has 0 aromatic carbocycles. The van der Waals surface area contributed by atoms with Gasteiger partial charge in [-0.2, -0.15) is 0 Å². The van der Waals surface area contributed by atoms with E-state index in [1.165, 1.54) is 6.92 Å². The van der Waals surface area contributed by atoms with Crippen LogP contribution >= 0.6 is 0 Å². The number of hydrogen-bond acceptors (Lipinski definition) is 9. The van der Waals surface area contributed by atoms with E-state index in [1.807, 2.05) is 0 Å². The first-order valence-corrected chi connectivity index (χ1v) is 8.01. The van der Waals surface area contributed by atoms with Gasteiger partial charge < -0.3 is 24.8 Å². The third-order valence-corrected chi connectivity index (χ3v) is 3.09. The highest BCUT2D eigenvalue weighted by atomic mass is 16.6. The van der Waals surface area contributed by atoms with E-state index in [2.05, 4.69) is 4.74 Å². The highest BCUT2D eigenvalue weighted by Gasteiger charge is 2.22. The van der Waals surface area contributed by atoms with E-state index in [4.69, 9.17) is 20.1 Å². The Morgan fingerprint density at radius 2 is 1.22 bits per heavy atom. The monoisotopic (exact) mass is 392 g/mol. The van der Waals surface area contributed by atoms with E-state index >= 15 is 0 Å². The summed E-state index contributed by atoms with van der Waals surface area (Å²) in [6.45, 7) is 0.632. The van der Waals surface area contributed by atoms with Gasteiger partial charge in [0.2, 0.25) is 0 Å². The molecule has 1 unspecified atom stereocenters. The second-order valence-electron chi connectivity index (χ2n) is 5.49. The van der Waals surface area contributed by atoms with Crippen LogP contribution in [0.2, 0.25) is 0 Å². The summed E-state index contributed by atoms with van der Waals surface area (Å²) in [5.74, 6) is -5.36. The number of ether oxygens (including phenoxy) is 2. The van der Waals surface area contributed by atoms with Crippen molar-refractivity contribution in [3.05, 3.63) is 0 Å². The molecule has 0 saturated carbocycles. The SMILES string of the molecule is CCOC(=O)C(C)OC(=O)CN(CCN(CC(=O)O)CC(=O)O)CC(=O)O. The molecule has 3 N–H and O–H groups in total. The molecule has 12 heteroatoms. The van der Waals surface area contributed by atoms with Crippen LogP contribution in [0.3, 0.4) is 0 Å². The molecular weight excluding hydrogens is 368 g/mol. The van der Waals surface area contributed by atoms with E-state index in [0.717, 1.165) is 9.80 Å². The molecule has 0 spiro atoms. The zero-order chi connectivity index (χ0) is 21.0. The van der Waals surface area contributed by atoms with Crippen LogP contribution in [0.15, 0.2) is 0 Å². The molecule has 0 bridgehead atoms. The first kappa shape index (κ1) is 24.3. The number of aliphatic carboxylic acids is 3. The lowest BCUT2D eigenvalue weighted by molar-refractivity contribution is -0.167. The Morgan fingerprint density at radius 3 is 1.59 bits per heavy atom. The van der Waals surface area contributed by atoms with E-state index in [-0.39, 0.29) is 19.7 Å². The van der Waals surface area contributed by atoms with Crippen molar-refractivity contribution in [1.82, 2.24) is 9.80 Å². The number of rotatable bonds is 14. The van der Waals surface area contributed by atoms with Crippen molar-refractivity contribution in [2.75, 3.05) is 45.9 Å². The highest BCUT2D eigenvalue weighted by molar-refractivity contribution is 5.80. The Morgan fingerprint density at radius 1 is 0.815 bits per heavy atom. The number of carboxylic acids is 3. The van der Waals surface area contributed by atoms with Gasteiger partial charge in [-0.05, 0) is 13.8 Å². The van der Waals surface area contributed by atoms with Gasteiger partial charge in [0.1, 0.15) is 0 Å². The minimum Gasteiger partial charge on any atom is -0.480 e. The maximum absolute atomic E-state index is 11.9. The van der Waals surface area contributed by atoms with Crippen LogP contribution in [0.5, 0.6) is 0 Å². The predicted octanol–water partition coefficient (Wildman–Crippen LogP) is -1.66. The third-order valence-electron chi connectivity index (χ3n) is 3.09. The zero-order valence-corrected chi connectivity index (χ0v) is 15.1. The number of hydrogen-bond donors (Lipinski definition) is 3. The van der Waals surface area contributed by atoms with Crippen molar-refractivity contribution in [2.24, 2.45) is 0 Å². The Hall–Kier alpha value is -2.73. The Bertz CT molecular complexity index is 535. The second kappa shape index (κ2) is 12.6. The van der Waals surface area contributed by atoms with Crippen molar-refractivity contribution in [2.45, 2.75) is 20.0 Å². The topological polar surface area (TPSA) is 171 Å². The van der Waals surface area contributed by atoms with Gasteiger partial charge in [-0.15, -0.1) is 0 Å². The summed E-state index contributed by atoms with van der Waals surface area (Å²) < 4.78 is 9.55. The number of carbonyl (C=O) groups excluding carboxylic acids is 2. The van der Waals surface area contributed by atoms with Crippen LogP contribution in [0.1, 0.15) is 13.8 Å². The van der Waals surface area contributed by atoms with Crippen molar-refractivity contribution >= 4 is 29.8 Å². The maximum Gasteiger partial charge on any atom is 0.347 e. The summed E-state index contributed by atoms with van der Waals surface area (Å²) in [6, 6.07) is 0. The van der Waals surface area contributed by atoms with Gasteiger partial charge >= 0.3 is 29.8 Å².